The molecule has 21 heavy (non-hydrogen) atoms. The van der Waals surface area contributed by atoms with Gasteiger partial charge in [-0.2, -0.15) is 0 Å². The van der Waals surface area contributed by atoms with Gasteiger partial charge in [0, 0.05) is 23.0 Å². The quantitative estimate of drug-likeness (QED) is 0.665. The molecule has 1 N–H and O–H groups in total. The number of hydrogen-bond acceptors (Lipinski definition) is 3. The summed E-state index contributed by atoms with van der Waals surface area (Å²) in [6.07, 6.45) is 1.51. The van der Waals surface area contributed by atoms with Crippen LogP contribution in [0, 0.1) is 5.82 Å². The average Bonchev–Trinajstić information content (AvgIpc) is 2.49. The predicted octanol–water partition coefficient (Wildman–Crippen LogP) is 4.03. The molecule has 0 heterocycles. The number of hydrogen-bond donors (Lipinski definition) is 1. The smallest absolute Gasteiger partial charge is 0.187 e. The maximum Gasteiger partial charge on any atom is 0.187 e. The fourth-order valence-electron chi connectivity index (χ4n) is 1.83. The van der Waals surface area contributed by atoms with E-state index in [0.717, 1.165) is 5.69 Å². The van der Waals surface area contributed by atoms with Gasteiger partial charge < -0.3 is 10.1 Å². The Morgan fingerprint density at radius 1 is 1.10 bits per heavy atom. The first-order valence-corrected chi connectivity index (χ1v) is 6.48. The highest BCUT2D eigenvalue weighted by Gasteiger charge is 2.04. The van der Waals surface area contributed by atoms with Gasteiger partial charge in [0.05, 0.1) is 7.11 Å². The number of ketones is 1. The third-order valence-electron chi connectivity index (χ3n) is 2.91. The maximum absolute atomic E-state index is 12.8. The van der Waals surface area contributed by atoms with Crippen molar-refractivity contribution in [1.29, 1.82) is 0 Å². The van der Waals surface area contributed by atoms with Gasteiger partial charge in [-0.05, 0) is 55.5 Å². The molecule has 2 aromatic carbocycles. The number of methoxy groups -OCH3 is 1. The molecule has 2 aromatic rings. The largest absolute Gasteiger partial charge is 0.497 e. The summed E-state index contributed by atoms with van der Waals surface area (Å²) in [5, 5.41) is 3.04. The maximum atomic E-state index is 12.8. The second-order valence-corrected chi connectivity index (χ2v) is 4.55. The minimum Gasteiger partial charge on any atom is -0.497 e. The van der Waals surface area contributed by atoms with Crippen molar-refractivity contribution in [3.8, 4) is 5.75 Å². The molecule has 0 radical (unpaired) electrons. The van der Waals surface area contributed by atoms with Gasteiger partial charge in [-0.3, -0.25) is 4.79 Å². The zero-order valence-corrected chi connectivity index (χ0v) is 11.9. The number of benzene rings is 2. The van der Waals surface area contributed by atoms with E-state index in [1.807, 2.05) is 0 Å². The van der Waals surface area contributed by atoms with E-state index in [0.29, 0.717) is 17.0 Å². The van der Waals surface area contributed by atoms with Gasteiger partial charge in [0.25, 0.3) is 0 Å². The van der Waals surface area contributed by atoms with Crippen molar-refractivity contribution in [1.82, 2.24) is 0 Å². The van der Waals surface area contributed by atoms with Crippen LogP contribution in [-0.4, -0.2) is 12.9 Å². The van der Waals surface area contributed by atoms with Crippen LogP contribution < -0.4 is 10.1 Å². The molecular weight excluding hydrogens is 269 g/mol. The Bertz CT molecular complexity index is 645. The number of anilines is 1. The van der Waals surface area contributed by atoms with Crippen LogP contribution in [0.15, 0.2) is 60.3 Å². The predicted molar refractivity (Wildman–Crippen MR) is 81.1 cm³/mol. The monoisotopic (exact) mass is 285 g/mol. The van der Waals surface area contributed by atoms with E-state index in [1.54, 1.807) is 50.4 Å². The normalized spacial score (nSPS) is 11.1. The third kappa shape index (κ3) is 4.18. The summed E-state index contributed by atoms with van der Waals surface area (Å²) in [7, 11) is 1.58. The highest BCUT2D eigenvalue weighted by molar-refractivity contribution is 6.05. The van der Waals surface area contributed by atoms with Crippen molar-refractivity contribution in [3.05, 3.63) is 71.7 Å². The van der Waals surface area contributed by atoms with Crippen LogP contribution in [-0.2, 0) is 0 Å². The molecule has 0 saturated carbocycles. The van der Waals surface area contributed by atoms with Crippen LogP contribution in [0.2, 0.25) is 0 Å². The number of nitrogens with one attached hydrogen (secondary N) is 1. The lowest BCUT2D eigenvalue weighted by atomic mass is 10.1. The molecule has 2 rings (SSSR count). The standard InChI is InChI=1S/C17H16FNO2/c1-12(19-15-7-5-14(18)6-8-15)11-17(20)13-3-9-16(21-2)10-4-13/h3-11,19H,1-2H3. The van der Waals surface area contributed by atoms with Crippen LogP contribution >= 0.6 is 0 Å². The zero-order valence-electron chi connectivity index (χ0n) is 11.9. The molecule has 0 saturated heterocycles. The van der Waals surface area contributed by atoms with Crippen LogP contribution in [0.3, 0.4) is 0 Å². The minimum atomic E-state index is -0.295. The summed E-state index contributed by atoms with van der Waals surface area (Å²) in [6.45, 7) is 1.78. The first-order chi connectivity index (χ1) is 10.1. The van der Waals surface area contributed by atoms with Crippen LogP contribution in [0.1, 0.15) is 17.3 Å². The van der Waals surface area contributed by atoms with Gasteiger partial charge in [-0.25, -0.2) is 4.39 Å². The van der Waals surface area contributed by atoms with Gasteiger partial charge >= 0.3 is 0 Å². The van der Waals surface area contributed by atoms with Crippen LogP contribution in [0.5, 0.6) is 5.75 Å². The molecule has 0 aliphatic heterocycles. The van der Waals surface area contributed by atoms with Gasteiger partial charge in [-0.1, -0.05) is 0 Å². The molecule has 0 unspecified atom stereocenters. The summed E-state index contributed by atoms with van der Waals surface area (Å²) in [5.41, 5.74) is 1.99. The lowest BCUT2D eigenvalue weighted by Crippen LogP contribution is -2.01. The Morgan fingerprint density at radius 3 is 2.29 bits per heavy atom. The first kappa shape index (κ1) is 14.8. The molecule has 0 atom stereocenters. The second-order valence-electron chi connectivity index (χ2n) is 4.55. The Hall–Kier alpha value is -2.62. The summed E-state index contributed by atoms with van der Waals surface area (Å²) in [6, 6.07) is 12.9. The Kier molecular flexibility index (Phi) is 4.72. The molecule has 0 amide bonds. The van der Waals surface area contributed by atoms with E-state index in [-0.39, 0.29) is 11.6 Å². The van der Waals surface area contributed by atoms with E-state index in [9.17, 15) is 9.18 Å². The number of halogens is 1. The first-order valence-electron chi connectivity index (χ1n) is 6.48. The van der Waals surface area contributed by atoms with Crippen molar-refractivity contribution in [3.63, 3.8) is 0 Å². The molecule has 0 bridgehead atoms. The number of allylic oxidation sites excluding steroid dienone is 2. The van der Waals surface area contributed by atoms with E-state index in [1.165, 1.54) is 18.2 Å². The number of rotatable bonds is 5. The lowest BCUT2D eigenvalue weighted by molar-refractivity contribution is 0.104. The molecule has 0 fully saturated rings. The van der Waals surface area contributed by atoms with Crippen molar-refractivity contribution < 1.29 is 13.9 Å². The van der Waals surface area contributed by atoms with Gasteiger partial charge in [0.2, 0.25) is 0 Å². The molecule has 0 aliphatic rings. The average molecular weight is 285 g/mol. The zero-order chi connectivity index (χ0) is 15.2. The van der Waals surface area contributed by atoms with Crippen LogP contribution in [0.4, 0.5) is 10.1 Å². The number of carbonyl (C=O) groups is 1. The SMILES string of the molecule is COc1ccc(C(=O)C=C(C)Nc2ccc(F)cc2)cc1. The van der Waals surface area contributed by atoms with Crippen LogP contribution in [0.25, 0.3) is 0 Å². The molecule has 3 nitrogen and oxygen atoms in total. The highest BCUT2D eigenvalue weighted by atomic mass is 19.1. The van der Waals surface area contributed by atoms with Gasteiger partial charge in [0.15, 0.2) is 5.78 Å². The Morgan fingerprint density at radius 2 is 1.71 bits per heavy atom. The van der Waals surface area contributed by atoms with Crippen molar-refractivity contribution >= 4 is 11.5 Å². The van der Waals surface area contributed by atoms with E-state index >= 15 is 0 Å². The van der Waals surface area contributed by atoms with E-state index in [2.05, 4.69) is 5.32 Å². The molecule has 0 aliphatic carbocycles. The molecule has 4 heteroatoms. The second kappa shape index (κ2) is 6.70. The lowest BCUT2D eigenvalue weighted by Gasteiger charge is -2.06. The van der Waals surface area contributed by atoms with Gasteiger partial charge in [0.1, 0.15) is 11.6 Å². The van der Waals surface area contributed by atoms with E-state index in [4.69, 9.17) is 4.74 Å². The highest BCUT2D eigenvalue weighted by Crippen LogP contribution is 2.14. The summed E-state index contributed by atoms with van der Waals surface area (Å²) < 4.78 is 17.9. The Labute approximate surface area is 123 Å². The summed E-state index contributed by atoms with van der Waals surface area (Å²) >= 11 is 0. The van der Waals surface area contributed by atoms with Crippen molar-refractivity contribution in [2.24, 2.45) is 0 Å². The number of carbonyl (C=O) groups excluding carboxylic acids is 1. The molecule has 0 aromatic heterocycles. The van der Waals surface area contributed by atoms with E-state index < -0.39 is 0 Å². The summed E-state index contributed by atoms with van der Waals surface area (Å²) in [5.74, 6) is 0.304. The molecule has 108 valence electrons. The fourth-order valence-corrected chi connectivity index (χ4v) is 1.83. The fraction of sp³-hybridized carbons (Fsp3) is 0.118. The summed E-state index contributed by atoms with van der Waals surface area (Å²) in [4.78, 5) is 12.1. The molecule has 0 spiro atoms. The molecular formula is C17H16FNO2. The number of ether oxygens (including phenoxy) is 1. The van der Waals surface area contributed by atoms with Gasteiger partial charge in [-0.15, -0.1) is 0 Å². The van der Waals surface area contributed by atoms with Crippen molar-refractivity contribution in [2.75, 3.05) is 12.4 Å². The van der Waals surface area contributed by atoms with Crippen molar-refractivity contribution in [2.45, 2.75) is 6.92 Å². The third-order valence-corrected chi connectivity index (χ3v) is 2.91. The minimum absolute atomic E-state index is 0.107. The Balaban J connectivity index is 2.06. The topological polar surface area (TPSA) is 38.3 Å².